The van der Waals surface area contributed by atoms with Crippen molar-refractivity contribution in [1.82, 2.24) is 36.1 Å². The van der Waals surface area contributed by atoms with Gasteiger partial charge in [0.25, 0.3) is 0 Å². The summed E-state index contributed by atoms with van der Waals surface area (Å²) in [6.45, 7) is 13.5. The van der Waals surface area contributed by atoms with E-state index in [0.717, 1.165) is 102 Å². The number of nitrogens with one attached hydrogen (secondary N) is 6. The van der Waals surface area contributed by atoms with Crippen LogP contribution in [-0.4, -0.2) is 161 Å². The molecule has 25 nitrogen and oxygen atoms in total. The van der Waals surface area contributed by atoms with Gasteiger partial charge in [-0.15, -0.1) is 0 Å². The average molecular weight is 1320 g/mol. The normalized spacial score (nSPS) is 22.8. The van der Waals surface area contributed by atoms with E-state index in [4.69, 9.17) is 47.8 Å². The second-order valence-corrected chi connectivity index (χ2v) is 26.4. The fourth-order valence-corrected chi connectivity index (χ4v) is 15.0. The number of ether oxygens (including phenoxy) is 1. The zero-order valence-corrected chi connectivity index (χ0v) is 54.3. The van der Waals surface area contributed by atoms with Crippen LogP contribution in [0.3, 0.4) is 0 Å². The standard InChI is InChI=1S/C49H86BN8O15P2SSi.2CN.2V/c1-35-30-58(45-29-38(39(31-59)72-45)73-75(67,68)70-32-36-17-15-18-40(36)74(65,66)71-34-51-23-16-28-77-69-2)49(64)57-47(35)55-27-12-4-3-11-24-52-42(60)20-7-5-13-25-53-43(61)21-8-6-14-26-54-44(62)22-10-9-19-41-46-37(33-76-41)50-48(63)56-46;2*1-2;;/h30,36-41,45-46,51,59H,3-29,31-34H2,1-2H3,(H,52,60)(H,53,61)(H,54,62)(H,56,63)(H,65,66)(H,67,68)(H,55,57,64);;;;/q;2*-1;;/i59D;;;;. The summed E-state index contributed by atoms with van der Waals surface area (Å²) < 4.78 is 62.1. The molecule has 5 radical (unpaired) electrons. The van der Waals surface area contributed by atoms with Crippen LogP contribution < -0.4 is 37.6 Å². The van der Waals surface area contributed by atoms with Gasteiger partial charge in [0, 0.05) is 119 Å². The smallest absolute Gasteiger partial charge is 0.472 e. The molecule has 1 aromatic rings. The molecule has 32 heteroatoms. The summed E-state index contributed by atoms with van der Waals surface area (Å²) in [5.41, 5.74) is -0.739. The molecule has 3 aliphatic heterocycles. The number of phosphoric acid groups is 1. The molecule has 3 saturated heterocycles. The Balaban J connectivity index is 0.00000575. The summed E-state index contributed by atoms with van der Waals surface area (Å²) in [4.78, 5) is 87.3. The third-order valence-corrected chi connectivity index (χ3v) is 19.8. The van der Waals surface area contributed by atoms with Crippen LogP contribution in [0.2, 0.25) is 11.9 Å². The topological polar surface area (TPSA) is 364 Å². The van der Waals surface area contributed by atoms with E-state index in [-0.39, 0.29) is 93.0 Å². The Hall–Kier alpha value is -2.56. The van der Waals surface area contributed by atoms with E-state index in [1.807, 2.05) is 11.8 Å². The number of nitrogens with zero attached hydrogens (tertiary/aromatic N) is 4. The van der Waals surface area contributed by atoms with E-state index >= 15 is 0 Å². The van der Waals surface area contributed by atoms with Crippen molar-refractivity contribution in [2.75, 3.05) is 70.8 Å². The number of anilines is 1. The summed E-state index contributed by atoms with van der Waals surface area (Å²) in [6, 6.07) is 1.12. The number of aromatic nitrogens is 2. The van der Waals surface area contributed by atoms with Gasteiger partial charge < -0.3 is 74.3 Å². The molecule has 9 N–H and O–H groups in total. The van der Waals surface area contributed by atoms with E-state index in [0.29, 0.717) is 103 Å². The third kappa shape index (κ3) is 30.3. The number of aliphatic hydroxyl groups is 1. The van der Waals surface area contributed by atoms with Crippen LogP contribution in [0.4, 0.5) is 10.6 Å². The first-order valence-electron chi connectivity index (χ1n) is 28.7. The number of phosphoric ester groups is 1. The first-order valence-corrected chi connectivity index (χ1v) is 33.6. The van der Waals surface area contributed by atoms with Crippen molar-refractivity contribution in [3.63, 3.8) is 0 Å². The maximum absolute atomic E-state index is 13.2. The van der Waals surface area contributed by atoms with Crippen LogP contribution >= 0.6 is 27.2 Å². The van der Waals surface area contributed by atoms with Gasteiger partial charge in [-0.25, -0.2) is 9.36 Å². The van der Waals surface area contributed by atoms with Gasteiger partial charge in [-0.1, -0.05) is 38.5 Å². The number of unbranched alkanes of at least 4 members (excludes halogenated alkanes) is 8. The summed E-state index contributed by atoms with van der Waals surface area (Å²) in [5.74, 6) is 1.39. The molecule has 0 aromatic carbocycles. The molecule has 465 valence electrons. The number of amides is 4. The van der Waals surface area contributed by atoms with Crippen LogP contribution in [0.1, 0.15) is 147 Å². The van der Waals surface area contributed by atoms with Crippen LogP contribution in [-0.2, 0) is 83.4 Å². The summed E-state index contributed by atoms with van der Waals surface area (Å²) >= 11 is 1.92. The summed E-state index contributed by atoms with van der Waals surface area (Å²) in [6.07, 6.45) is 13.4. The average Bonchev–Trinajstić information content (AvgIpc) is 4.38. The Bertz CT molecular complexity index is 2280. The minimum atomic E-state index is -4.75. The molecule has 10 atom stereocenters. The molecule has 1 aromatic heterocycles. The minimum Gasteiger partial charge on any atom is -0.512 e. The Morgan fingerprint density at radius 2 is 1.48 bits per heavy atom. The fourth-order valence-electron chi connectivity index (χ4n) is 10.1. The van der Waals surface area contributed by atoms with Crippen LogP contribution in [0.25, 0.3) is 0 Å². The zero-order valence-electron chi connectivity index (χ0n) is 48.9. The first kappa shape index (κ1) is 76.5. The number of aryl methyl sites for hydroxylation is 1. The number of hydrogen-bond acceptors (Lipinski definition) is 19. The second-order valence-electron chi connectivity index (χ2n) is 20.4. The van der Waals surface area contributed by atoms with Crippen molar-refractivity contribution >= 4 is 73.6 Å². The molecule has 4 amide bonds. The molecule has 5 rings (SSSR count). The maximum atomic E-state index is 13.2. The van der Waals surface area contributed by atoms with Gasteiger partial charge in [0.1, 0.15) is 31.0 Å². The van der Waals surface area contributed by atoms with Crippen molar-refractivity contribution in [2.24, 2.45) is 5.92 Å². The van der Waals surface area contributed by atoms with Crippen molar-refractivity contribution in [3.05, 3.63) is 35.4 Å². The number of thioether (sulfide) groups is 1. The number of hydrogen-bond donors (Lipinski definition) is 9. The van der Waals surface area contributed by atoms with Gasteiger partial charge in [-0.3, -0.25) is 47.2 Å². The SMILES string of the molecule is [2H]OCC1OC(n2cc(C)c(NCCCCCCNC(=O)CCCCCNC(=O)CCCCCNC(=O)CCCCC3SCC4[B]C(=O)NC43)nc2=O)CC1OP(=O)(O)OCC1CCCC1P(=O)(O)OCNCCC[Si]OC.[C-]#N.[C-]#N.[V].[V]. The third-order valence-electron chi connectivity index (χ3n) is 14.4. The van der Waals surface area contributed by atoms with Gasteiger partial charge in [0.05, 0.1) is 18.9 Å². The van der Waals surface area contributed by atoms with Crippen LogP contribution in [0.15, 0.2) is 11.0 Å². The molecule has 1 saturated carbocycles. The maximum Gasteiger partial charge on any atom is 0.472 e. The molecular formula is C51H86BN10O15P2SSiV2-2. The Kier molecular flexibility index (Phi) is 41.3. The van der Waals surface area contributed by atoms with E-state index < -0.39 is 51.1 Å². The Labute approximate surface area is 522 Å². The second kappa shape index (κ2) is 44.8. The Morgan fingerprint density at radius 1 is 0.880 bits per heavy atom. The van der Waals surface area contributed by atoms with Crippen LogP contribution in [0, 0.1) is 36.5 Å². The van der Waals surface area contributed by atoms with Gasteiger partial charge >= 0.3 is 21.1 Å². The van der Waals surface area contributed by atoms with E-state index in [9.17, 15) is 42.9 Å². The quantitative estimate of drug-likeness (QED) is 0.0133. The number of rotatable bonds is 42. The van der Waals surface area contributed by atoms with Gasteiger partial charge in [-0.05, 0) is 108 Å². The molecular weight excluding hydrogens is 1230 g/mol. The van der Waals surface area contributed by atoms with Gasteiger partial charge in [-0.2, -0.15) is 16.7 Å². The molecule has 1 aliphatic carbocycles. The predicted octanol–water partition coefficient (Wildman–Crippen LogP) is 5.22. The van der Waals surface area contributed by atoms with Gasteiger partial charge in [0.15, 0.2) is 5.81 Å². The first-order chi connectivity index (χ1) is 39.6. The van der Waals surface area contributed by atoms with Crippen molar-refractivity contribution in [1.29, 1.82) is 12.0 Å². The minimum absolute atomic E-state index is 0. The number of aliphatic hydroxyl groups excluding tert-OH is 1. The number of fused-ring (bicyclic) bond motifs is 1. The van der Waals surface area contributed by atoms with Crippen LogP contribution in [0.5, 0.6) is 0 Å². The van der Waals surface area contributed by atoms with E-state index in [1.165, 1.54) is 4.57 Å². The molecule has 4 aliphatic rings. The molecule has 4 fully saturated rings. The van der Waals surface area contributed by atoms with Gasteiger partial charge in [0.2, 0.25) is 36.2 Å². The van der Waals surface area contributed by atoms with E-state index in [1.54, 1.807) is 27.5 Å². The number of carbonyl (C=O) groups is 4. The van der Waals surface area contributed by atoms with Crippen molar-refractivity contribution in [2.45, 2.75) is 189 Å². The molecule has 10 unspecified atom stereocenters. The molecule has 0 spiro atoms. The fraction of sp³-hybridized carbons (Fsp3) is 0.804. The monoisotopic (exact) mass is 1310 g/mol. The molecule has 4 heterocycles. The van der Waals surface area contributed by atoms with Crippen molar-refractivity contribution < 1.29 is 103 Å². The summed E-state index contributed by atoms with van der Waals surface area (Å²) in [7, 11) is -5.00. The zero-order chi connectivity index (χ0) is 60.2. The molecule has 0 bridgehead atoms. The number of carbonyl (C=O) groups excluding carboxylic acids is 4. The Morgan fingerprint density at radius 3 is 2.10 bits per heavy atom. The summed E-state index contributed by atoms with van der Waals surface area (Å²) in [5, 5.41) is 35.7. The van der Waals surface area contributed by atoms with E-state index in [2.05, 4.69) is 42.0 Å². The predicted molar refractivity (Wildman–Crippen MR) is 306 cm³/mol. The molecule has 83 heavy (non-hydrogen) atoms. The van der Waals surface area contributed by atoms with Crippen molar-refractivity contribution in [3.8, 4) is 0 Å². The largest absolute Gasteiger partial charge is 0.512 e.